The third kappa shape index (κ3) is 6.89. The fourth-order valence-corrected chi connectivity index (χ4v) is 5.46. The van der Waals surface area contributed by atoms with E-state index in [1.165, 1.54) is 5.56 Å². The fourth-order valence-electron chi connectivity index (χ4n) is 5.46. The van der Waals surface area contributed by atoms with Crippen LogP contribution >= 0.6 is 0 Å². The molecule has 3 heterocycles. The van der Waals surface area contributed by atoms with E-state index in [9.17, 15) is 9.59 Å². The Bertz CT molecular complexity index is 1470. The van der Waals surface area contributed by atoms with Crippen LogP contribution in [0, 0.1) is 0 Å². The molecular weight excluding hydrogens is 512 g/mol. The average Bonchev–Trinajstić information content (AvgIpc) is 3.14. The van der Waals surface area contributed by atoms with Gasteiger partial charge in [0.25, 0.3) is 5.91 Å². The third-order valence-corrected chi connectivity index (χ3v) is 7.43. The van der Waals surface area contributed by atoms with Crippen LogP contribution in [0.3, 0.4) is 0 Å². The van der Waals surface area contributed by atoms with Gasteiger partial charge in [0.2, 0.25) is 5.91 Å². The zero-order valence-electron chi connectivity index (χ0n) is 23.9. The first-order valence-corrected chi connectivity index (χ1v) is 14.5. The van der Waals surface area contributed by atoms with Crippen molar-refractivity contribution in [1.29, 1.82) is 0 Å². The summed E-state index contributed by atoms with van der Waals surface area (Å²) in [4.78, 5) is 40.0. The number of nitrogens with two attached hydrogens (primary N) is 1. The maximum atomic E-state index is 13.3. The number of benzene rings is 2. The molecule has 0 spiro atoms. The summed E-state index contributed by atoms with van der Waals surface area (Å²) >= 11 is 0. The number of hydrogen-bond donors (Lipinski definition) is 2. The van der Waals surface area contributed by atoms with Crippen molar-refractivity contribution in [2.24, 2.45) is 10.7 Å². The number of carbonyl (C=O) groups is 2. The molecule has 0 radical (unpaired) electrons. The number of pyridine rings is 1. The molecule has 41 heavy (non-hydrogen) atoms. The summed E-state index contributed by atoms with van der Waals surface area (Å²) in [5, 5.41) is 3.00. The van der Waals surface area contributed by atoms with E-state index in [0.29, 0.717) is 41.4 Å². The predicted octanol–water partition coefficient (Wildman–Crippen LogP) is 5.32. The zero-order chi connectivity index (χ0) is 28.8. The van der Waals surface area contributed by atoms with Gasteiger partial charge in [-0.15, -0.1) is 0 Å². The van der Waals surface area contributed by atoms with Gasteiger partial charge in [0.05, 0.1) is 17.6 Å². The van der Waals surface area contributed by atoms with Crippen molar-refractivity contribution in [3.05, 3.63) is 94.3 Å². The number of aliphatic imine (C=N–C) groups is 1. The molecule has 2 aliphatic heterocycles. The number of nitrogens with one attached hydrogen (secondary N) is 1. The summed E-state index contributed by atoms with van der Waals surface area (Å²) in [6, 6.07) is 17.8. The van der Waals surface area contributed by atoms with E-state index in [4.69, 9.17) is 5.73 Å². The SMILES string of the molecule is CCCN(CCC)C(=O)C1=Cc2ccc(C(=O)Nc3cnc4c(c3)CN(Cc3ccccc3)CC4)cc2N=C(N)C1. The van der Waals surface area contributed by atoms with Gasteiger partial charge in [-0.25, -0.2) is 4.99 Å². The van der Waals surface area contributed by atoms with Crippen LogP contribution in [0.15, 0.2) is 71.4 Å². The van der Waals surface area contributed by atoms with E-state index in [0.717, 1.165) is 55.7 Å². The number of amidine groups is 1. The standard InChI is InChI=1S/C33H38N6O2/c1-3-13-39(14-4-2)33(41)26-16-24-10-11-25(18-30(24)37-31(34)19-26)32(40)36-28-17-27-22-38(15-12-29(27)35-20-28)21-23-8-6-5-7-9-23/h5-11,16-18,20H,3-4,12-15,19,21-22H2,1-2H3,(H2,34,37)(H,36,40). The highest BCUT2D eigenvalue weighted by Gasteiger charge is 2.22. The van der Waals surface area contributed by atoms with Crippen molar-refractivity contribution in [3.8, 4) is 0 Å². The van der Waals surface area contributed by atoms with Gasteiger partial charge in [0.1, 0.15) is 5.84 Å². The Morgan fingerprint density at radius 1 is 1.05 bits per heavy atom. The van der Waals surface area contributed by atoms with E-state index in [2.05, 4.69) is 58.3 Å². The number of fused-ring (bicyclic) bond motifs is 2. The second-order valence-corrected chi connectivity index (χ2v) is 10.7. The third-order valence-electron chi connectivity index (χ3n) is 7.43. The van der Waals surface area contributed by atoms with Crippen molar-refractivity contribution in [1.82, 2.24) is 14.8 Å². The first-order chi connectivity index (χ1) is 19.9. The van der Waals surface area contributed by atoms with Crippen molar-refractivity contribution >= 4 is 35.1 Å². The highest BCUT2D eigenvalue weighted by molar-refractivity contribution is 6.07. The van der Waals surface area contributed by atoms with E-state index in [1.54, 1.807) is 18.3 Å². The normalized spacial score (nSPS) is 14.7. The number of aromatic nitrogens is 1. The summed E-state index contributed by atoms with van der Waals surface area (Å²) in [6.07, 6.45) is 6.53. The Labute approximate surface area is 242 Å². The Kier molecular flexibility index (Phi) is 8.89. The topological polar surface area (TPSA) is 104 Å². The minimum absolute atomic E-state index is 0.0104. The second-order valence-electron chi connectivity index (χ2n) is 10.7. The summed E-state index contributed by atoms with van der Waals surface area (Å²) in [6.45, 7) is 8.16. The quantitative estimate of drug-likeness (QED) is 0.376. The fraction of sp³-hybridized carbons (Fsp3) is 0.333. The van der Waals surface area contributed by atoms with Crippen LogP contribution in [0.4, 0.5) is 11.4 Å². The number of hydrogen-bond acceptors (Lipinski definition) is 6. The van der Waals surface area contributed by atoms with Gasteiger partial charge < -0.3 is 16.0 Å². The highest BCUT2D eigenvalue weighted by atomic mass is 16.2. The monoisotopic (exact) mass is 550 g/mol. The van der Waals surface area contributed by atoms with E-state index >= 15 is 0 Å². The molecule has 1 aromatic heterocycles. The molecule has 5 rings (SSSR count). The number of amides is 2. The van der Waals surface area contributed by atoms with Crippen LogP contribution < -0.4 is 11.1 Å². The summed E-state index contributed by atoms with van der Waals surface area (Å²) in [5.74, 6) is 0.0958. The lowest BCUT2D eigenvalue weighted by Crippen LogP contribution is -2.34. The Morgan fingerprint density at radius 2 is 1.83 bits per heavy atom. The number of carbonyl (C=O) groups excluding carboxylic acids is 2. The summed E-state index contributed by atoms with van der Waals surface area (Å²) in [7, 11) is 0. The lowest BCUT2D eigenvalue weighted by Gasteiger charge is -2.28. The summed E-state index contributed by atoms with van der Waals surface area (Å²) < 4.78 is 0. The predicted molar refractivity (Wildman–Crippen MR) is 164 cm³/mol. The molecule has 2 aliphatic rings. The molecule has 3 aromatic rings. The number of anilines is 1. The van der Waals surface area contributed by atoms with Crippen molar-refractivity contribution < 1.29 is 9.59 Å². The van der Waals surface area contributed by atoms with E-state index in [-0.39, 0.29) is 18.2 Å². The molecule has 0 unspecified atom stereocenters. The highest BCUT2D eigenvalue weighted by Crippen LogP contribution is 2.29. The summed E-state index contributed by atoms with van der Waals surface area (Å²) in [5.41, 5.74) is 12.8. The zero-order valence-corrected chi connectivity index (χ0v) is 23.9. The largest absolute Gasteiger partial charge is 0.387 e. The molecular formula is C33H38N6O2. The Balaban J connectivity index is 1.30. The maximum Gasteiger partial charge on any atom is 0.255 e. The van der Waals surface area contributed by atoms with Crippen molar-refractivity contribution in [2.45, 2.75) is 52.6 Å². The van der Waals surface area contributed by atoms with Gasteiger partial charge in [0, 0.05) is 68.0 Å². The maximum absolute atomic E-state index is 13.3. The van der Waals surface area contributed by atoms with Gasteiger partial charge >= 0.3 is 0 Å². The molecule has 2 aromatic carbocycles. The van der Waals surface area contributed by atoms with E-state index < -0.39 is 0 Å². The van der Waals surface area contributed by atoms with Crippen LogP contribution in [0.1, 0.15) is 65.9 Å². The van der Waals surface area contributed by atoms with E-state index in [1.807, 2.05) is 29.2 Å². The molecule has 0 bridgehead atoms. The van der Waals surface area contributed by atoms with Gasteiger partial charge in [0.15, 0.2) is 0 Å². The lowest BCUT2D eigenvalue weighted by atomic mass is 10.0. The number of rotatable bonds is 9. The average molecular weight is 551 g/mol. The Morgan fingerprint density at radius 3 is 2.59 bits per heavy atom. The van der Waals surface area contributed by atoms with Crippen LogP contribution in [0.5, 0.6) is 0 Å². The molecule has 8 nitrogen and oxygen atoms in total. The smallest absolute Gasteiger partial charge is 0.255 e. The minimum atomic E-state index is -0.248. The van der Waals surface area contributed by atoms with Crippen LogP contribution in [-0.2, 0) is 24.3 Å². The minimum Gasteiger partial charge on any atom is -0.387 e. The van der Waals surface area contributed by atoms with Crippen molar-refractivity contribution in [2.75, 3.05) is 25.0 Å². The van der Waals surface area contributed by atoms with Crippen LogP contribution in [-0.4, -0.2) is 52.1 Å². The van der Waals surface area contributed by atoms with Crippen LogP contribution in [0.25, 0.3) is 6.08 Å². The molecule has 0 aliphatic carbocycles. The van der Waals surface area contributed by atoms with Gasteiger partial charge in [-0.05, 0) is 48.2 Å². The van der Waals surface area contributed by atoms with Gasteiger partial charge in [-0.1, -0.05) is 50.2 Å². The van der Waals surface area contributed by atoms with Gasteiger partial charge in [-0.2, -0.15) is 0 Å². The molecule has 0 atom stereocenters. The molecule has 0 fully saturated rings. The first-order valence-electron chi connectivity index (χ1n) is 14.5. The van der Waals surface area contributed by atoms with Gasteiger partial charge in [-0.3, -0.25) is 19.5 Å². The van der Waals surface area contributed by atoms with Crippen molar-refractivity contribution in [3.63, 3.8) is 0 Å². The molecule has 212 valence electrons. The number of nitrogens with zero attached hydrogens (tertiary/aromatic N) is 4. The first kappa shape index (κ1) is 28.2. The molecule has 0 saturated carbocycles. The second kappa shape index (κ2) is 12.9. The Hall–Kier alpha value is -4.30. The molecule has 8 heteroatoms. The lowest BCUT2D eigenvalue weighted by molar-refractivity contribution is -0.127. The molecule has 0 saturated heterocycles. The molecule has 3 N–H and O–H groups in total. The van der Waals surface area contributed by atoms with Crippen LogP contribution in [0.2, 0.25) is 0 Å². The molecule has 2 amide bonds.